The highest BCUT2D eigenvalue weighted by atomic mass is 16.3. The third-order valence-electron chi connectivity index (χ3n) is 3.39. The standard InChI is InChI=1S/C13H23NO3/c1-4-5-10(6-7-15)9-14-11(16)8-13(2,3)12(14)17/h10,15H,4-9H2,1-3H3. The third kappa shape index (κ3) is 3.28. The zero-order chi connectivity index (χ0) is 13.1. The molecule has 0 aromatic carbocycles. The molecule has 0 bridgehead atoms. The van der Waals surface area contributed by atoms with Gasteiger partial charge < -0.3 is 5.11 Å². The maximum atomic E-state index is 12.0. The van der Waals surface area contributed by atoms with Gasteiger partial charge in [0.1, 0.15) is 0 Å². The van der Waals surface area contributed by atoms with E-state index in [0.717, 1.165) is 12.8 Å². The molecule has 0 spiro atoms. The lowest BCUT2D eigenvalue weighted by molar-refractivity contribution is -0.141. The second kappa shape index (κ2) is 5.63. The summed E-state index contributed by atoms with van der Waals surface area (Å²) in [6.45, 7) is 6.28. The number of hydrogen-bond acceptors (Lipinski definition) is 3. The number of aliphatic hydroxyl groups is 1. The number of likely N-dealkylation sites (tertiary alicyclic amines) is 1. The van der Waals surface area contributed by atoms with Crippen LogP contribution >= 0.6 is 0 Å². The minimum atomic E-state index is -0.549. The SMILES string of the molecule is CCCC(CCO)CN1C(=O)CC(C)(C)C1=O. The molecule has 1 aliphatic heterocycles. The minimum absolute atomic E-state index is 0.0680. The molecule has 0 aromatic heterocycles. The molecular weight excluding hydrogens is 218 g/mol. The van der Waals surface area contributed by atoms with E-state index in [4.69, 9.17) is 5.11 Å². The summed E-state index contributed by atoms with van der Waals surface area (Å²) < 4.78 is 0. The van der Waals surface area contributed by atoms with Crippen LogP contribution in [0.25, 0.3) is 0 Å². The second-order valence-corrected chi connectivity index (χ2v) is 5.54. The summed E-state index contributed by atoms with van der Waals surface area (Å²) in [7, 11) is 0. The van der Waals surface area contributed by atoms with Crippen molar-refractivity contribution in [1.82, 2.24) is 4.90 Å². The molecule has 1 heterocycles. The van der Waals surface area contributed by atoms with E-state index in [0.29, 0.717) is 19.4 Å². The molecule has 0 saturated carbocycles. The molecule has 98 valence electrons. The first-order chi connectivity index (χ1) is 7.92. The molecule has 4 nitrogen and oxygen atoms in total. The van der Waals surface area contributed by atoms with Crippen molar-refractivity contribution >= 4 is 11.8 Å². The fraction of sp³-hybridized carbons (Fsp3) is 0.846. The van der Waals surface area contributed by atoms with Crippen LogP contribution in [0, 0.1) is 11.3 Å². The van der Waals surface area contributed by atoms with E-state index < -0.39 is 5.41 Å². The summed E-state index contributed by atoms with van der Waals surface area (Å²) in [4.78, 5) is 25.2. The van der Waals surface area contributed by atoms with E-state index in [1.807, 2.05) is 13.8 Å². The highest BCUT2D eigenvalue weighted by molar-refractivity contribution is 6.05. The zero-order valence-corrected chi connectivity index (χ0v) is 11.0. The molecule has 1 saturated heterocycles. The predicted molar refractivity (Wildman–Crippen MR) is 65.2 cm³/mol. The van der Waals surface area contributed by atoms with Crippen LogP contribution in [0.5, 0.6) is 0 Å². The van der Waals surface area contributed by atoms with Gasteiger partial charge in [0.15, 0.2) is 0 Å². The Kier molecular flexibility index (Phi) is 4.69. The first-order valence-electron chi connectivity index (χ1n) is 6.38. The van der Waals surface area contributed by atoms with Gasteiger partial charge >= 0.3 is 0 Å². The lowest BCUT2D eigenvalue weighted by Gasteiger charge is -2.23. The van der Waals surface area contributed by atoms with Crippen LogP contribution in [-0.4, -0.2) is 35.0 Å². The summed E-state index contributed by atoms with van der Waals surface area (Å²) >= 11 is 0. The van der Waals surface area contributed by atoms with Gasteiger partial charge in [0.2, 0.25) is 11.8 Å². The molecule has 0 aromatic rings. The van der Waals surface area contributed by atoms with Crippen molar-refractivity contribution in [3.05, 3.63) is 0 Å². The highest BCUT2D eigenvalue weighted by Gasteiger charge is 2.44. The summed E-state index contributed by atoms with van der Waals surface area (Å²) in [5, 5.41) is 8.98. The average molecular weight is 241 g/mol. The molecule has 2 amide bonds. The second-order valence-electron chi connectivity index (χ2n) is 5.54. The Bertz CT molecular complexity index is 293. The van der Waals surface area contributed by atoms with Crippen molar-refractivity contribution in [2.45, 2.75) is 46.5 Å². The van der Waals surface area contributed by atoms with Gasteiger partial charge in [0.25, 0.3) is 0 Å². The molecule has 4 heteroatoms. The van der Waals surface area contributed by atoms with Gasteiger partial charge in [-0.05, 0) is 18.8 Å². The topological polar surface area (TPSA) is 57.6 Å². The molecular formula is C13H23NO3. The third-order valence-corrected chi connectivity index (χ3v) is 3.39. The van der Waals surface area contributed by atoms with Gasteiger partial charge in [-0.25, -0.2) is 0 Å². The van der Waals surface area contributed by atoms with Crippen LogP contribution in [0.4, 0.5) is 0 Å². The Hall–Kier alpha value is -0.900. The molecule has 1 rings (SSSR count). The van der Waals surface area contributed by atoms with E-state index in [9.17, 15) is 9.59 Å². The molecule has 0 radical (unpaired) electrons. The lowest BCUT2D eigenvalue weighted by Crippen LogP contribution is -2.37. The van der Waals surface area contributed by atoms with Gasteiger partial charge in [-0.3, -0.25) is 14.5 Å². The van der Waals surface area contributed by atoms with Crippen molar-refractivity contribution in [1.29, 1.82) is 0 Å². The monoisotopic (exact) mass is 241 g/mol. The van der Waals surface area contributed by atoms with Gasteiger partial charge in [-0.1, -0.05) is 27.2 Å². The normalized spacial score (nSPS) is 21.1. The summed E-state index contributed by atoms with van der Waals surface area (Å²) in [6.07, 6.45) is 2.91. The number of aliphatic hydroxyl groups excluding tert-OH is 1. The van der Waals surface area contributed by atoms with Crippen LogP contribution in [0.15, 0.2) is 0 Å². The predicted octanol–water partition coefficient (Wildman–Crippen LogP) is 1.57. The highest BCUT2D eigenvalue weighted by Crippen LogP contribution is 2.32. The van der Waals surface area contributed by atoms with Gasteiger partial charge in [-0.2, -0.15) is 0 Å². The number of imide groups is 1. The van der Waals surface area contributed by atoms with Gasteiger partial charge in [-0.15, -0.1) is 0 Å². The Morgan fingerprint density at radius 2 is 2.00 bits per heavy atom. The Morgan fingerprint density at radius 1 is 1.35 bits per heavy atom. The largest absolute Gasteiger partial charge is 0.396 e. The zero-order valence-electron chi connectivity index (χ0n) is 11.0. The molecule has 1 unspecified atom stereocenters. The van der Waals surface area contributed by atoms with E-state index in [2.05, 4.69) is 6.92 Å². The van der Waals surface area contributed by atoms with Gasteiger partial charge in [0, 0.05) is 19.6 Å². The maximum absolute atomic E-state index is 12.0. The minimum Gasteiger partial charge on any atom is -0.396 e. The number of hydrogen-bond donors (Lipinski definition) is 1. The van der Waals surface area contributed by atoms with Crippen LogP contribution in [0.3, 0.4) is 0 Å². The lowest BCUT2D eigenvalue weighted by atomic mass is 9.92. The van der Waals surface area contributed by atoms with Crippen LogP contribution in [0.2, 0.25) is 0 Å². The molecule has 1 fully saturated rings. The van der Waals surface area contributed by atoms with Crippen molar-refractivity contribution in [3.63, 3.8) is 0 Å². The maximum Gasteiger partial charge on any atom is 0.235 e. The molecule has 17 heavy (non-hydrogen) atoms. The van der Waals surface area contributed by atoms with E-state index >= 15 is 0 Å². The van der Waals surface area contributed by atoms with Crippen molar-refractivity contribution < 1.29 is 14.7 Å². The number of nitrogens with zero attached hydrogens (tertiary/aromatic N) is 1. The van der Waals surface area contributed by atoms with Crippen molar-refractivity contribution in [2.75, 3.05) is 13.2 Å². The average Bonchev–Trinajstić information content (AvgIpc) is 2.41. The Labute approximate surface area is 103 Å². The van der Waals surface area contributed by atoms with Crippen molar-refractivity contribution in [3.8, 4) is 0 Å². The fourth-order valence-electron chi connectivity index (χ4n) is 2.39. The molecule has 1 atom stereocenters. The molecule has 1 N–H and O–H groups in total. The van der Waals surface area contributed by atoms with Gasteiger partial charge in [0.05, 0.1) is 5.41 Å². The molecule has 1 aliphatic rings. The summed E-state index contributed by atoms with van der Waals surface area (Å²) in [5.41, 5.74) is -0.549. The molecule has 0 aliphatic carbocycles. The first-order valence-corrected chi connectivity index (χ1v) is 6.38. The number of rotatable bonds is 6. The van der Waals surface area contributed by atoms with E-state index in [1.165, 1.54) is 4.90 Å². The Morgan fingerprint density at radius 3 is 2.41 bits per heavy atom. The fourth-order valence-corrected chi connectivity index (χ4v) is 2.39. The van der Waals surface area contributed by atoms with E-state index in [-0.39, 0.29) is 24.3 Å². The van der Waals surface area contributed by atoms with E-state index in [1.54, 1.807) is 0 Å². The smallest absolute Gasteiger partial charge is 0.235 e. The Balaban J connectivity index is 2.66. The summed E-state index contributed by atoms with van der Waals surface area (Å²) in [6, 6.07) is 0. The first kappa shape index (κ1) is 14.2. The summed E-state index contributed by atoms with van der Waals surface area (Å²) in [5.74, 6) is 0.0902. The van der Waals surface area contributed by atoms with Crippen LogP contribution in [-0.2, 0) is 9.59 Å². The number of amides is 2. The number of carbonyl (C=O) groups is 2. The van der Waals surface area contributed by atoms with Crippen LogP contribution < -0.4 is 0 Å². The van der Waals surface area contributed by atoms with Crippen LogP contribution in [0.1, 0.15) is 46.5 Å². The quantitative estimate of drug-likeness (QED) is 0.718. The van der Waals surface area contributed by atoms with Crippen molar-refractivity contribution in [2.24, 2.45) is 11.3 Å². The number of carbonyl (C=O) groups excluding carboxylic acids is 2.